The molecule has 0 aliphatic rings. The van der Waals surface area contributed by atoms with Crippen molar-refractivity contribution >= 4 is 17.8 Å². The number of carboxylic acids is 1. The summed E-state index contributed by atoms with van der Waals surface area (Å²) in [7, 11) is 0. The molecule has 0 aromatic carbocycles. The molecule has 1 rings (SSSR count). The van der Waals surface area contributed by atoms with Gasteiger partial charge in [-0.25, -0.2) is 0 Å². The number of nitrogens with one attached hydrogen (secondary N) is 2. The average Bonchev–Trinajstić information content (AvgIpc) is 2.62. The number of nitriles is 1. The molecule has 0 aliphatic heterocycles. The lowest BCUT2D eigenvalue weighted by Crippen LogP contribution is -2.49. The van der Waals surface area contributed by atoms with Crippen LogP contribution in [0.5, 0.6) is 0 Å². The smallest absolute Gasteiger partial charge is 0.323 e. The summed E-state index contributed by atoms with van der Waals surface area (Å²) in [5, 5.41) is 23.0. The Bertz CT molecular complexity index is 581. The fraction of sp³-hybridized carbons (Fsp3) is 0.462. The fourth-order valence-electron chi connectivity index (χ4n) is 1.40. The monoisotopic (exact) mass is 279 g/mol. The predicted molar refractivity (Wildman–Crippen MR) is 71.2 cm³/mol. The Kier molecular flexibility index (Phi) is 4.53. The molecule has 0 saturated carbocycles. The number of nitrogens with zero attached hydrogens (tertiary/aromatic N) is 1. The Morgan fingerprint density at radius 1 is 1.40 bits per heavy atom. The van der Waals surface area contributed by atoms with Crippen LogP contribution >= 0.6 is 0 Å². The first-order chi connectivity index (χ1) is 9.19. The topological polar surface area (TPSA) is 115 Å². The summed E-state index contributed by atoms with van der Waals surface area (Å²) < 4.78 is 5.29. The summed E-state index contributed by atoms with van der Waals surface area (Å²) in [6.07, 6.45) is 0. The van der Waals surface area contributed by atoms with E-state index in [4.69, 9.17) is 14.8 Å². The summed E-state index contributed by atoms with van der Waals surface area (Å²) >= 11 is 0. The fourth-order valence-corrected chi connectivity index (χ4v) is 1.40. The highest BCUT2D eigenvalue weighted by atomic mass is 16.4. The van der Waals surface area contributed by atoms with E-state index in [0.717, 1.165) is 0 Å². The maximum atomic E-state index is 11.7. The largest absolute Gasteiger partial charge is 0.480 e. The van der Waals surface area contributed by atoms with E-state index >= 15 is 0 Å². The van der Waals surface area contributed by atoms with Gasteiger partial charge in [0, 0.05) is 5.56 Å². The van der Waals surface area contributed by atoms with Crippen LogP contribution in [0.15, 0.2) is 4.42 Å². The van der Waals surface area contributed by atoms with Crippen LogP contribution in [0.3, 0.4) is 0 Å². The molecule has 7 nitrogen and oxygen atoms in total. The molecule has 0 saturated heterocycles. The molecule has 0 spiro atoms. The molecule has 3 N–H and O–H groups in total. The van der Waals surface area contributed by atoms with E-state index in [-0.39, 0.29) is 18.0 Å². The first-order valence-electron chi connectivity index (χ1n) is 5.97. The van der Waals surface area contributed by atoms with Crippen molar-refractivity contribution in [3.8, 4) is 6.07 Å². The summed E-state index contributed by atoms with van der Waals surface area (Å²) in [6, 6.07) is 1.96. The summed E-state index contributed by atoms with van der Waals surface area (Å²) in [4.78, 5) is 22.6. The molecule has 1 aromatic rings. The van der Waals surface area contributed by atoms with Gasteiger partial charge < -0.3 is 9.52 Å². The molecule has 0 fully saturated rings. The maximum absolute atomic E-state index is 11.7. The number of rotatable bonds is 5. The third-order valence-electron chi connectivity index (χ3n) is 2.98. The quantitative estimate of drug-likeness (QED) is 0.745. The van der Waals surface area contributed by atoms with Crippen LogP contribution in [0.25, 0.3) is 0 Å². The third kappa shape index (κ3) is 3.36. The molecule has 0 aliphatic carbocycles. The van der Waals surface area contributed by atoms with Gasteiger partial charge in [-0.15, -0.1) is 0 Å². The minimum atomic E-state index is -1.22. The number of amides is 1. The SMILES string of the molecule is Cc1oc(NC(=O)CNC(C)(C)C(=O)O)c(C#N)c1C. The van der Waals surface area contributed by atoms with Crippen LogP contribution in [-0.4, -0.2) is 29.1 Å². The van der Waals surface area contributed by atoms with E-state index in [2.05, 4.69) is 10.6 Å². The van der Waals surface area contributed by atoms with Crippen LogP contribution in [0.4, 0.5) is 5.88 Å². The zero-order valence-corrected chi connectivity index (χ0v) is 11.8. The molecule has 0 unspecified atom stereocenters. The minimum absolute atomic E-state index is 0.0856. The molecule has 108 valence electrons. The van der Waals surface area contributed by atoms with E-state index in [1.54, 1.807) is 13.8 Å². The highest BCUT2D eigenvalue weighted by Gasteiger charge is 2.27. The number of hydrogen-bond acceptors (Lipinski definition) is 5. The number of anilines is 1. The number of carbonyl (C=O) groups excluding carboxylic acids is 1. The van der Waals surface area contributed by atoms with E-state index in [9.17, 15) is 9.59 Å². The van der Waals surface area contributed by atoms with Crippen molar-refractivity contribution in [1.82, 2.24) is 5.32 Å². The first-order valence-corrected chi connectivity index (χ1v) is 5.97. The van der Waals surface area contributed by atoms with Crippen molar-refractivity contribution in [2.24, 2.45) is 0 Å². The van der Waals surface area contributed by atoms with E-state index in [1.165, 1.54) is 13.8 Å². The molecule has 0 atom stereocenters. The Morgan fingerprint density at radius 2 is 2.00 bits per heavy atom. The normalized spacial score (nSPS) is 10.9. The Balaban J connectivity index is 2.71. The summed E-state index contributed by atoms with van der Waals surface area (Å²) in [5.74, 6) is -0.907. The summed E-state index contributed by atoms with van der Waals surface area (Å²) in [5.41, 5.74) is -0.278. The van der Waals surface area contributed by atoms with Gasteiger partial charge in [-0.1, -0.05) is 0 Å². The number of carboxylic acid groups (broad SMARTS) is 1. The number of carbonyl (C=O) groups is 2. The van der Waals surface area contributed by atoms with Crippen LogP contribution in [0.1, 0.15) is 30.7 Å². The zero-order valence-electron chi connectivity index (χ0n) is 11.8. The molecule has 1 amide bonds. The van der Waals surface area contributed by atoms with Gasteiger partial charge in [-0.2, -0.15) is 5.26 Å². The van der Waals surface area contributed by atoms with Crippen molar-refractivity contribution < 1.29 is 19.1 Å². The molecule has 0 radical (unpaired) electrons. The highest BCUT2D eigenvalue weighted by molar-refractivity contribution is 5.93. The van der Waals surface area contributed by atoms with Crippen molar-refractivity contribution in [3.63, 3.8) is 0 Å². The van der Waals surface area contributed by atoms with Gasteiger partial charge in [-0.05, 0) is 27.7 Å². The summed E-state index contributed by atoms with van der Waals surface area (Å²) in [6.45, 7) is 6.11. The molecule has 20 heavy (non-hydrogen) atoms. The number of aryl methyl sites for hydroxylation is 1. The first kappa shape index (κ1) is 15.7. The van der Waals surface area contributed by atoms with Gasteiger partial charge in [0.2, 0.25) is 11.8 Å². The average molecular weight is 279 g/mol. The standard InChI is InChI=1S/C13H17N3O4/c1-7-8(2)20-11(9(7)5-14)16-10(17)6-15-13(3,4)12(18)19/h15H,6H2,1-4H3,(H,16,17)(H,18,19). The van der Waals surface area contributed by atoms with Crippen molar-refractivity contribution in [2.75, 3.05) is 11.9 Å². The predicted octanol–water partition coefficient (Wildman–Crippen LogP) is 1.16. The number of aliphatic carboxylic acids is 1. The molecule has 0 bridgehead atoms. The van der Waals surface area contributed by atoms with Crippen molar-refractivity contribution in [3.05, 3.63) is 16.9 Å². The van der Waals surface area contributed by atoms with Crippen LogP contribution in [0, 0.1) is 25.2 Å². The van der Waals surface area contributed by atoms with Crippen LogP contribution < -0.4 is 10.6 Å². The van der Waals surface area contributed by atoms with Gasteiger partial charge >= 0.3 is 5.97 Å². The van der Waals surface area contributed by atoms with Crippen LogP contribution in [-0.2, 0) is 9.59 Å². The molecule has 1 aromatic heterocycles. The van der Waals surface area contributed by atoms with E-state index < -0.39 is 17.4 Å². The van der Waals surface area contributed by atoms with Gasteiger partial charge in [0.05, 0.1) is 6.54 Å². The maximum Gasteiger partial charge on any atom is 0.323 e. The third-order valence-corrected chi connectivity index (χ3v) is 2.98. The second kappa shape index (κ2) is 5.75. The Morgan fingerprint density at radius 3 is 2.50 bits per heavy atom. The number of hydrogen-bond donors (Lipinski definition) is 3. The Hall–Kier alpha value is -2.33. The highest BCUT2D eigenvalue weighted by Crippen LogP contribution is 2.25. The van der Waals surface area contributed by atoms with Gasteiger partial charge in [0.1, 0.15) is 22.9 Å². The van der Waals surface area contributed by atoms with Gasteiger partial charge in [-0.3, -0.25) is 20.2 Å². The Labute approximate surface area is 116 Å². The van der Waals surface area contributed by atoms with Crippen LogP contribution in [0.2, 0.25) is 0 Å². The molecular weight excluding hydrogens is 262 g/mol. The second-order valence-corrected chi connectivity index (χ2v) is 4.93. The van der Waals surface area contributed by atoms with Crippen molar-refractivity contribution in [2.45, 2.75) is 33.2 Å². The van der Waals surface area contributed by atoms with E-state index in [1.807, 2.05) is 6.07 Å². The van der Waals surface area contributed by atoms with Gasteiger partial charge in [0.25, 0.3) is 0 Å². The lowest BCUT2D eigenvalue weighted by molar-refractivity contribution is -0.143. The molecule has 1 heterocycles. The lowest BCUT2D eigenvalue weighted by atomic mass is 10.1. The minimum Gasteiger partial charge on any atom is -0.480 e. The van der Waals surface area contributed by atoms with Gasteiger partial charge in [0.15, 0.2) is 0 Å². The number of furan rings is 1. The van der Waals surface area contributed by atoms with E-state index in [0.29, 0.717) is 11.3 Å². The lowest BCUT2D eigenvalue weighted by Gasteiger charge is -2.20. The molecule has 7 heteroatoms. The second-order valence-electron chi connectivity index (χ2n) is 4.93. The van der Waals surface area contributed by atoms with Crippen molar-refractivity contribution in [1.29, 1.82) is 5.26 Å². The zero-order chi connectivity index (χ0) is 15.5. The molecular formula is C13H17N3O4.